The van der Waals surface area contributed by atoms with E-state index in [1.54, 1.807) is 24.2 Å². The zero-order valence-corrected chi connectivity index (χ0v) is 17.9. The number of hydrogen-bond acceptors (Lipinski definition) is 4. The summed E-state index contributed by atoms with van der Waals surface area (Å²) in [7, 11) is 1.61. The van der Waals surface area contributed by atoms with Gasteiger partial charge in [0.15, 0.2) is 11.5 Å². The fourth-order valence-electron chi connectivity index (χ4n) is 3.30. The van der Waals surface area contributed by atoms with E-state index in [1.165, 1.54) is 0 Å². The van der Waals surface area contributed by atoms with Crippen LogP contribution in [0.2, 0.25) is 0 Å². The quantitative estimate of drug-likeness (QED) is 0.429. The fourth-order valence-corrected chi connectivity index (χ4v) is 3.30. The van der Waals surface area contributed by atoms with Crippen molar-refractivity contribution in [1.29, 1.82) is 0 Å². The van der Waals surface area contributed by atoms with Gasteiger partial charge in [-0.15, -0.1) is 0 Å². The summed E-state index contributed by atoms with van der Waals surface area (Å²) in [5, 5.41) is 7.22. The molecule has 32 heavy (non-hydrogen) atoms. The molecular formula is C26H25N3O3. The predicted molar refractivity (Wildman–Crippen MR) is 123 cm³/mol. The number of carbonyl (C=O) groups excluding carboxylic acids is 1. The molecule has 0 aliphatic heterocycles. The maximum Gasteiger partial charge on any atom is 0.254 e. The minimum absolute atomic E-state index is 0.173. The van der Waals surface area contributed by atoms with Gasteiger partial charge in [0.25, 0.3) is 5.91 Å². The number of nitrogens with zero attached hydrogens (tertiary/aromatic N) is 2. The number of carbonyl (C=O) groups is 1. The van der Waals surface area contributed by atoms with Gasteiger partial charge in [0, 0.05) is 12.7 Å². The lowest BCUT2D eigenvalue weighted by molar-refractivity contribution is 0.0950. The van der Waals surface area contributed by atoms with Gasteiger partial charge in [-0.3, -0.25) is 9.48 Å². The molecule has 0 fully saturated rings. The van der Waals surface area contributed by atoms with Gasteiger partial charge >= 0.3 is 0 Å². The Hall–Kier alpha value is -4.06. The number of ether oxygens (including phenoxy) is 2. The highest BCUT2D eigenvalue weighted by atomic mass is 16.5. The Balaban J connectivity index is 1.33. The summed E-state index contributed by atoms with van der Waals surface area (Å²) in [6, 6.07) is 25.6. The molecule has 0 aliphatic rings. The second-order valence-corrected chi connectivity index (χ2v) is 7.35. The van der Waals surface area contributed by atoms with E-state index in [2.05, 4.69) is 10.4 Å². The van der Waals surface area contributed by atoms with Crippen LogP contribution in [0.15, 0.2) is 91.3 Å². The molecule has 4 aromatic rings. The molecule has 1 N–H and O–H groups in total. The van der Waals surface area contributed by atoms with Crippen LogP contribution in [-0.4, -0.2) is 22.8 Å². The fraction of sp³-hybridized carbons (Fsp3) is 0.154. The third kappa shape index (κ3) is 5.55. The largest absolute Gasteiger partial charge is 0.493 e. The normalized spacial score (nSPS) is 10.5. The Morgan fingerprint density at radius 1 is 0.906 bits per heavy atom. The molecule has 1 aromatic heterocycles. The monoisotopic (exact) mass is 427 g/mol. The number of rotatable bonds is 9. The molecule has 6 nitrogen and oxygen atoms in total. The molecule has 0 radical (unpaired) electrons. The minimum atomic E-state index is -0.173. The molecule has 0 saturated heterocycles. The molecule has 0 spiro atoms. The van der Waals surface area contributed by atoms with Crippen molar-refractivity contribution in [1.82, 2.24) is 15.1 Å². The summed E-state index contributed by atoms with van der Waals surface area (Å²) in [6.07, 6.45) is 3.34. The summed E-state index contributed by atoms with van der Waals surface area (Å²) in [4.78, 5) is 12.5. The predicted octanol–water partition coefficient (Wildman–Crippen LogP) is 4.45. The van der Waals surface area contributed by atoms with Gasteiger partial charge in [-0.05, 0) is 28.8 Å². The van der Waals surface area contributed by atoms with Crippen molar-refractivity contribution in [3.05, 3.63) is 114 Å². The number of amides is 1. The number of methoxy groups -OCH3 is 1. The number of nitrogens with one attached hydrogen (secondary N) is 1. The Labute approximate surface area is 187 Å². The van der Waals surface area contributed by atoms with Crippen molar-refractivity contribution in [2.45, 2.75) is 19.7 Å². The van der Waals surface area contributed by atoms with Gasteiger partial charge in [0.05, 0.1) is 25.4 Å². The van der Waals surface area contributed by atoms with Gasteiger partial charge in [0.2, 0.25) is 0 Å². The van der Waals surface area contributed by atoms with Crippen molar-refractivity contribution >= 4 is 5.91 Å². The molecule has 3 aromatic carbocycles. The van der Waals surface area contributed by atoms with E-state index in [1.807, 2.05) is 78.9 Å². The summed E-state index contributed by atoms with van der Waals surface area (Å²) >= 11 is 0. The summed E-state index contributed by atoms with van der Waals surface area (Å²) < 4.78 is 13.1. The Bertz CT molecular complexity index is 1160. The van der Waals surface area contributed by atoms with Crippen LogP contribution in [0.25, 0.3) is 0 Å². The molecule has 1 amide bonds. The smallest absolute Gasteiger partial charge is 0.254 e. The highest BCUT2D eigenvalue weighted by Crippen LogP contribution is 2.28. The topological polar surface area (TPSA) is 65.4 Å². The second kappa shape index (κ2) is 10.3. The first-order valence-corrected chi connectivity index (χ1v) is 10.4. The molecule has 162 valence electrons. The molecule has 0 unspecified atom stereocenters. The second-order valence-electron chi connectivity index (χ2n) is 7.35. The molecule has 4 rings (SSSR count). The zero-order chi connectivity index (χ0) is 22.2. The van der Waals surface area contributed by atoms with E-state index in [4.69, 9.17) is 9.47 Å². The third-order valence-electron chi connectivity index (χ3n) is 5.00. The van der Waals surface area contributed by atoms with E-state index in [-0.39, 0.29) is 5.91 Å². The lowest BCUT2D eigenvalue weighted by atomic mass is 10.2. The van der Waals surface area contributed by atoms with E-state index < -0.39 is 0 Å². The Morgan fingerprint density at radius 2 is 1.62 bits per heavy atom. The van der Waals surface area contributed by atoms with E-state index in [9.17, 15) is 4.79 Å². The highest BCUT2D eigenvalue weighted by Gasteiger charge is 2.11. The first-order valence-electron chi connectivity index (χ1n) is 10.4. The summed E-state index contributed by atoms with van der Waals surface area (Å²) in [6.45, 7) is 1.45. The van der Waals surface area contributed by atoms with Gasteiger partial charge in [0.1, 0.15) is 6.61 Å². The average Bonchev–Trinajstić information content (AvgIpc) is 3.31. The van der Waals surface area contributed by atoms with Crippen molar-refractivity contribution in [2.24, 2.45) is 0 Å². The van der Waals surface area contributed by atoms with Crippen molar-refractivity contribution in [3.8, 4) is 11.5 Å². The molecule has 0 saturated carbocycles. The lowest BCUT2D eigenvalue weighted by Gasteiger charge is -2.12. The van der Waals surface area contributed by atoms with E-state index in [0.717, 1.165) is 16.7 Å². The first-order chi connectivity index (χ1) is 15.7. The van der Waals surface area contributed by atoms with Crippen LogP contribution >= 0.6 is 0 Å². The zero-order valence-electron chi connectivity index (χ0n) is 17.9. The van der Waals surface area contributed by atoms with Crippen LogP contribution in [0.3, 0.4) is 0 Å². The maximum absolute atomic E-state index is 12.5. The number of benzene rings is 3. The van der Waals surface area contributed by atoms with Crippen molar-refractivity contribution in [2.75, 3.05) is 7.11 Å². The van der Waals surface area contributed by atoms with Crippen LogP contribution in [0.5, 0.6) is 11.5 Å². The van der Waals surface area contributed by atoms with Crippen LogP contribution in [0.4, 0.5) is 0 Å². The average molecular weight is 428 g/mol. The highest BCUT2D eigenvalue weighted by molar-refractivity contribution is 5.93. The molecule has 0 bridgehead atoms. The Morgan fingerprint density at radius 3 is 2.34 bits per heavy atom. The maximum atomic E-state index is 12.5. The van der Waals surface area contributed by atoms with Gasteiger partial charge in [-0.25, -0.2) is 0 Å². The number of aromatic nitrogens is 2. The molecular weight excluding hydrogens is 402 g/mol. The lowest BCUT2D eigenvalue weighted by Crippen LogP contribution is -2.22. The third-order valence-corrected chi connectivity index (χ3v) is 5.00. The molecule has 0 aliphatic carbocycles. The van der Waals surface area contributed by atoms with Crippen LogP contribution in [0.1, 0.15) is 27.0 Å². The van der Waals surface area contributed by atoms with Crippen LogP contribution in [-0.2, 0) is 19.7 Å². The van der Waals surface area contributed by atoms with Gasteiger partial charge < -0.3 is 14.8 Å². The SMILES string of the molecule is COc1cc(CNC(=O)c2cnn(Cc3ccccc3)c2)ccc1OCc1ccccc1. The Kier molecular flexibility index (Phi) is 6.82. The van der Waals surface area contributed by atoms with E-state index in [0.29, 0.717) is 36.8 Å². The molecule has 0 atom stereocenters. The van der Waals surface area contributed by atoms with E-state index >= 15 is 0 Å². The van der Waals surface area contributed by atoms with Crippen LogP contribution in [0, 0.1) is 0 Å². The summed E-state index contributed by atoms with van der Waals surface area (Å²) in [5.41, 5.74) is 3.65. The molecule has 1 heterocycles. The summed E-state index contributed by atoms with van der Waals surface area (Å²) in [5.74, 6) is 1.12. The molecule has 6 heteroatoms. The van der Waals surface area contributed by atoms with Crippen molar-refractivity contribution < 1.29 is 14.3 Å². The van der Waals surface area contributed by atoms with Crippen molar-refractivity contribution in [3.63, 3.8) is 0 Å². The first kappa shape index (κ1) is 21.2. The van der Waals surface area contributed by atoms with Gasteiger partial charge in [-0.1, -0.05) is 66.7 Å². The van der Waals surface area contributed by atoms with Crippen LogP contribution < -0.4 is 14.8 Å². The van der Waals surface area contributed by atoms with Gasteiger partial charge in [-0.2, -0.15) is 5.10 Å². The minimum Gasteiger partial charge on any atom is -0.493 e. The standard InChI is InChI=1S/C26H25N3O3/c1-31-25-14-22(12-13-24(25)32-19-21-10-6-3-7-11-21)15-27-26(30)23-16-28-29(18-23)17-20-8-4-2-5-9-20/h2-14,16,18H,15,17,19H2,1H3,(H,27,30). The number of hydrogen-bond donors (Lipinski definition) is 1.